The molecule has 0 aliphatic heterocycles. The highest BCUT2D eigenvalue weighted by Crippen LogP contribution is 2.44. The highest BCUT2D eigenvalue weighted by molar-refractivity contribution is 6.20. The summed E-state index contributed by atoms with van der Waals surface area (Å²) < 4.78 is 78.0. The lowest BCUT2D eigenvalue weighted by molar-refractivity contribution is 0.319. The third-order valence-electron chi connectivity index (χ3n) is 13.7. The van der Waals surface area contributed by atoms with Crippen molar-refractivity contribution in [2.75, 3.05) is 91.0 Å². The second kappa shape index (κ2) is 34.9. The van der Waals surface area contributed by atoms with Gasteiger partial charge in [0.25, 0.3) is 0 Å². The fourth-order valence-corrected chi connectivity index (χ4v) is 10.6. The summed E-state index contributed by atoms with van der Waals surface area (Å²) in [6.45, 7) is 29.8. The van der Waals surface area contributed by atoms with Crippen LogP contribution in [0.2, 0.25) is 0 Å². The molecular formula is C70H90Cl2O12. The van der Waals surface area contributed by atoms with E-state index in [-0.39, 0.29) is 0 Å². The summed E-state index contributed by atoms with van der Waals surface area (Å²) in [7, 11) is 0. The van der Waals surface area contributed by atoms with Crippen LogP contribution in [0.5, 0.6) is 69.0 Å². The van der Waals surface area contributed by atoms with Gasteiger partial charge in [-0.2, -0.15) is 0 Å². The molecule has 84 heavy (non-hydrogen) atoms. The zero-order valence-corrected chi connectivity index (χ0v) is 53.4. The van der Waals surface area contributed by atoms with Gasteiger partial charge in [-0.25, -0.2) is 0 Å². The number of ether oxygens (including phenoxy) is 12. The predicted molar refractivity (Wildman–Crippen MR) is 340 cm³/mol. The van der Waals surface area contributed by atoms with Crippen molar-refractivity contribution in [3.05, 3.63) is 152 Å². The summed E-state index contributed by atoms with van der Waals surface area (Å²) in [5, 5.41) is 0. The van der Waals surface area contributed by atoms with Crippen molar-refractivity contribution in [2.24, 2.45) is 0 Å². The molecule has 12 nitrogen and oxygen atoms in total. The Morgan fingerprint density at radius 1 is 0.214 bits per heavy atom. The van der Waals surface area contributed by atoms with Crippen LogP contribution in [-0.4, -0.2) is 91.0 Å². The van der Waals surface area contributed by atoms with Crippen LogP contribution < -0.4 is 56.8 Å². The number of benzene rings is 6. The van der Waals surface area contributed by atoms with Crippen molar-refractivity contribution < 1.29 is 56.8 Å². The molecule has 0 heterocycles. The minimum Gasteiger partial charge on any atom is -0.494 e. The molecule has 0 atom stereocenters. The van der Waals surface area contributed by atoms with Crippen LogP contribution in [0, 0.1) is 0 Å². The summed E-state index contributed by atoms with van der Waals surface area (Å²) in [6, 6.07) is 25.4. The van der Waals surface area contributed by atoms with E-state index in [4.69, 9.17) is 80.0 Å². The minimum absolute atomic E-state index is 0.476. The van der Waals surface area contributed by atoms with Gasteiger partial charge in [-0.3, -0.25) is 0 Å². The summed E-state index contributed by atoms with van der Waals surface area (Å²) in [5.41, 5.74) is 11.5. The zero-order chi connectivity index (χ0) is 60.4. The molecule has 0 radical (unpaired) electrons. The number of hydrogen-bond donors (Lipinski definition) is 0. The molecular weight excluding hydrogens is 1100 g/mol. The first-order chi connectivity index (χ1) is 41.0. The topological polar surface area (TPSA) is 111 Å². The molecule has 0 aromatic heterocycles. The standard InChI is InChI=1S/C66H84O12.C4H6Cl2/c1-13-67-55-31-44-26-46-34-60(72-18-6)48(36-59(46)71-17-5)28-50-38-64(76-22-10)52(40-63(50)75-21-9)30-54-42-65(77-23-11)53(41-66(54)78-24-12)29-51-39-61(73-19-7)49(37-62(51)74-20-8)27-47-35-57(69-15-3)45(33-58(47)70-16-4)25-43(55)32-56(44)68-14-2;5-3-1-2-4-6/h31-42H,13-30H2,1-12H3;1-2H,3-4H2/b;2-1+. The van der Waals surface area contributed by atoms with Gasteiger partial charge in [-0.05, 0) is 156 Å². The van der Waals surface area contributed by atoms with Gasteiger partial charge in [0.2, 0.25) is 0 Å². The first-order valence-electron chi connectivity index (χ1n) is 30.3. The lowest BCUT2D eigenvalue weighted by Gasteiger charge is -2.23. The molecule has 6 aromatic rings. The van der Waals surface area contributed by atoms with Crippen molar-refractivity contribution in [1.29, 1.82) is 0 Å². The second-order valence-corrected chi connectivity index (χ2v) is 20.1. The fourth-order valence-electron chi connectivity index (χ4n) is 10.4. The normalized spacial score (nSPS) is 12.0. The SMILES string of the molecule is CCOc1cc2c(OCC)cc1Cc1cc(OCC)c(cc1OCC)Cc1cc(OCC)c(cc1OCC)Cc1cc(OCC)c(cc1OCC)Cc1cc(OCC)c(cc1OCC)Cc1cc(OCC)c(cc1OCC)C2.ClC/C=C/CCl. The number of allylic oxidation sites excluding steroid dienone is 2. The van der Waals surface area contributed by atoms with Crippen molar-refractivity contribution in [1.82, 2.24) is 0 Å². The highest BCUT2D eigenvalue weighted by atomic mass is 35.5. The number of alkyl halides is 2. The van der Waals surface area contributed by atoms with E-state index in [0.717, 1.165) is 136 Å². The fraction of sp³-hybridized carbons (Fsp3) is 0.457. The molecule has 6 aromatic carbocycles. The van der Waals surface area contributed by atoms with Gasteiger partial charge in [0.1, 0.15) is 69.0 Å². The summed E-state index contributed by atoms with van der Waals surface area (Å²) in [5.74, 6) is 10.3. The van der Waals surface area contributed by atoms with E-state index in [9.17, 15) is 0 Å². The average Bonchev–Trinajstić information content (AvgIpc) is 3.44. The molecule has 14 heteroatoms. The maximum Gasteiger partial charge on any atom is 0.123 e. The predicted octanol–water partition coefficient (Wildman–Crippen LogP) is 16.3. The van der Waals surface area contributed by atoms with E-state index in [1.165, 1.54) is 0 Å². The molecule has 16 aliphatic carbocycles. The van der Waals surface area contributed by atoms with E-state index in [1.807, 2.05) is 95.2 Å². The maximum absolute atomic E-state index is 6.50. The minimum atomic E-state index is 0.476. The van der Waals surface area contributed by atoms with E-state index in [2.05, 4.69) is 72.8 Å². The molecule has 0 amide bonds. The first-order valence-corrected chi connectivity index (χ1v) is 31.3. The molecule has 0 saturated carbocycles. The third-order valence-corrected chi connectivity index (χ3v) is 14.0. The van der Waals surface area contributed by atoms with Crippen LogP contribution in [-0.2, 0) is 38.5 Å². The van der Waals surface area contributed by atoms with Crippen LogP contribution in [0.1, 0.15) is 150 Å². The number of hydrogen-bond acceptors (Lipinski definition) is 12. The lowest BCUT2D eigenvalue weighted by Crippen LogP contribution is -2.09. The Hall–Kier alpha value is -6.76. The van der Waals surface area contributed by atoms with Gasteiger partial charge in [0, 0.05) is 117 Å². The molecule has 0 spiro atoms. The Kier molecular flexibility index (Phi) is 27.6. The Morgan fingerprint density at radius 3 is 0.381 bits per heavy atom. The van der Waals surface area contributed by atoms with Gasteiger partial charge in [0.05, 0.1) is 79.3 Å². The highest BCUT2D eigenvalue weighted by Gasteiger charge is 2.25. The van der Waals surface area contributed by atoms with E-state index >= 15 is 0 Å². The van der Waals surface area contributed by atoms with Gasteiger partial charge in [0.15, 0.2) is 0 Å². The van der Waals surface area contributed by atoms with Gasteiger partial charge >= 0.3 is 0 Å². The van der Waals surface area contributed by atoms with Crippen molar-refractivity contribution in [3.63, 3.8) is 0 Å². The molecule has 0 unspecified atom stereocenters. The van der Waals surface area contributed by atoms with E-state index < -0.39 is 0 Å². The Bertz CT molecular complexity index is 2360. The zero-order valence-electron chi connectivity index (χ0n) is 51.9. The summed E-state index contributed by atoms with van der Waals surface area (Å²) in [4.78, 5) is 0. The monoisotopic (exact) mass is 1190 g/mol. The molecule has 16 aliphatic rings. The second-order valence-electron chi connectivity index (χ2n) is 19.4. The first kappa shape index (κ1) is 66.4. The Morgan fingerprint density at radius 2 is 0.310 bits per heavy atom. The smallest absolute Gasteiger partial charge is 0.123 e. The number of halogens is 2. The van der Waals surface area contributed by atoms with Crippen LogP contribution in [0.4, 0.5) is 0 Å². The van der Waals surface area contributed by atoms with Crippen molar-refractivity contribution >= 4 is 23.2 Å². The maximum atomic E-state index is 6.50. The average molecular weight is 1190 g/mol. The summed E-state index contributed by atoms with van der Waals surface area (Å²) in [6.07, 6.45) is 6.61. The van der Waals surface area contributed by atoms with Crippen molar-refractivity contribution in [2.45, 2.75) is 122 Å². The molecule has 12 bridgehead atoms. The quantitative estimate of drug-likeness (QED) is 0.0380. The van der Waals surface area contributed by atoms with Gasteiger partial charge in [-0.1, -0.05) is 12.2 Å². The van der Waals surface area contributed by atoms with Gasteiger partial charge < -0.3 is 56.8 Å². The Balaban J connectivity index is 0.00000179. The van der Waals surface area contributed by atoms with Crippen LogP contribution in [0.25, 0.3) is 0 Å². The van der Waals surface area contributed by atoms with Crippen LogP contribution >= 0.6 is 23.2 Å². The molecule has 0 fully saturated rings. The van der Waals surface area contributed by atoms with Crippen LogP contribution in [0.15, 0.2) is 84.9 Å². The van der Waals surface area contributed by atoms with Crippen molar-refractivity contribution in [3.8, 4) is 69.0 Å². The molecule has 22 rings (SSSR count). The van der Waals surface area contributed by atoms with Gasteiger partial charge in [-0.15, -0.1) is 23.2 Å². The van der Waals surface area contributed by atoms with E-state index in [1.54, 1.807) is 0 Å². The molecule has 0 saturated heterocycles. The number of rotatable bonds is 26. The third kappa shape index (κ3) is 17.9. The molecule has 0 N–H and O–H groups in total. The lowest BCUT2D eigenvalue weighted by atomic mass is 9.92. The van der Waals surface area contributed by atoms with Crippen LogP contribution in [0.3, 0.4) is 0 Å². The largest absolute Gasteiger partial charge is 0.494 e. The molecule has 456 valence electrons. The summed E-state index contributed by atoms with van der Waals surface area (Å²) >= 11 is 10.5. The van der Waals surface area contributed by atoms with E-state index in [0.29, 0.717) is 130 Å². The Labute approximate surface area is 510 Å².